The van der Waals surface area contributed by atoms with Crippen molar-refractivity contribution < 1.29 is 4.39 Å². The largest absolute Gasteiger partial charge is 0.313 e. The minimum atomic E-state index is -0.0760. The Kier molecular flexibility index (Phi) is 5.99. The van der Waals surface area contributed by atoms with Crippen molar-refractivity contribution >= 4 is 0 Å². The van der Waals surface area contributed by atoms with Gasteiger partial charge in [0.2, 0.25) is 0 Å². The molecule has 20 heavy (non-hydrogen) atoms. The van der Waals surface area contributed by atoms with Crippen molar-refractivity contribution in [2.45, 2.75) is 58.2 Å². The van der Waals surface area contributed by atoms with Crippen molar-refractivity contribution in [2.75, 3.05) is 13.6 Å². The summed E-state index contributed by atoms with van der Waals surface area (Å²) in [6.07, 6.45) is 6.51. The van der Waals surface area contributed by atoms with Gasteiger partial charge in [-0.1, -0.05) is 38.3 Å². The van der Waals surface area contributed by atoms with Crippen LogP contribution >= 0.6 is 0 Å². The molecule has 1 aliphatic carbocycles. The Morgan fingerprint density at radius 3 is 2.70 bits per heavy atom. The van der Waals surface area contributed by atoms with E-state index in [1.54, 1.807) is 6.07 Å². The molecule has 1 aromatic rings. The van der Waals surface area contributed by atoms with Gasteiger partial charge in [-0.05, 0) is 38.1 Å². The number of halogens is 1. The second-order valence-corrected chi connectivity index (χ2v) is 5.91. The van der Waals surface area contributed by atoms with Gasteiger partial charge in [-0.3, -0.25) is 4.90 Å². The molecule has 0 unspecified atom stereocenters. The fourth-order valence-corrected chi connectivity index (χ4v) is 3.05. The van der Waals surface area contributed by atoms with Crippen molar-refractivity contribution in [1.82, 2.24) is 10.2 Å². The summed E-state index contributed by atoms with van der Waals surface area (Å²) in [5, 5.41) is 3.29. The van der Waals surface area contributed by atoms with Gasteiger partial charge in [-0.2, -0.15) is 0 Å². The van der Waals surface area contributed by atoms with Crippen molar-refractivity contribution in [3.8, 4) is 0 Å². The maximum atomic E-state index is 14.0. The maximum absolute atomic E-state index is 14.0. The molecule has 1 N–H and O–H groups in total. The topological polar surface area (TPSA) is 15.3 Å². The summed E-state index contributed by atoms with van der Waals surface area (Å²) in [6.45, 7) is 4.56. The van der Waals surface area contributed by atoms with E-state index in [2.05, 4.69) is 24.2 Å². The lowest BCUT2D eigenvalue weighted by Gasteiger charge is -2.31. The molecule has 3 heteroatoms. The van der Waals surface area contributed by atoms with Crippen LogP contribution in [0.5, 0.6) is 0 Å². The normalized spacial score (nSPS) is 16.8. The number of nitrogens with one attached hydrogen (secondary N) is 1. The highest BCUT2D eigenvalue weighted by molar-refractivity contribution is 5.25. The SMILES string of the molecule is CCNCc1ccc(F)c(CN(C)C2CCCCC2)c1. The van der Waals surface area contributed by atoms with E-state index in [0.29, 0.717) is 6.04 Å². The van der Waals surface area contributed by atoms with Crippen LogP contribution in [0.25, 0.3) is 0 Å². The van der Waals surface area contributed by atoms with Gasteiger partial charge in [0, 0.05) is 24.7 Å². The average Bonchev–Trinajstić information content (AvgIpc) is 2.49. The van der Waals surface area contributed by atoms with Crippen LogP contribution in [0.15, 0.2) is 18.2 Å². The van der Waals surface area contributed by atoms with Gasteiger partial charge >= 0.3 is 0 Å². The molecule has 0 saturated heterocycles. The monoisotopic (exact) mass is 278 g/mol. The molecule has 0 radical (unpaired) electrons. The molecular formula is C17H27FN2. The summed E-state index contributed by atoms with van der Waals surface area (Å²) in [5.41, 5.74) is 1.99. The molecule has 1 aromatic carbocycles. The molecule has 1 saturated carbocycles. The second kappa shape index (κ2) is 7.75. The van der Waals surface area contributed by atoms with Crippen LogP contribution in [0.2, 0.25) is 0 Å². The first-order chi connectivity index (χ1) is 9.70. The molecule has 0 heterocycles. The summed E-state index contributed by atoms with van der Waals surface area (Å²) < 4.78 is 14.0. The summed E-state index contributed by atoms with van der Waals surface area (Å²) in [7, 11) is 2.13. The highest BCUT2D eigenvalue weighted by Gasteiger charge is 2.19. The standard InChI is InChI=1S/C17H27FN2/c1-3-19-12-14-9-10-17(18)15(11-14)13-20(2)16-7-5-4-6-8-16/h9-11,16,19H,3-8,12-13H2,1-2H3. The molecule has 2 nitrogen and oxygen atoms in total. The summed E-state index contributed by atoms with van der Waals surface area (Å²) in [5.74, 6) is -0.0760. The molecule has 2 rings (SSSR count). The molecule has 1 fully saturated rings. The summed E-state index contributed by atoms with van der Waals surface area (Å²) in [4.78, 5) is 2.33. The minimum absolute atomic E-state index is 0.0760. The number of rotatable bonds is 6. The summed E-state index contributed by atoms with van der Waals surface area (Å²) >= 11 is 0. The molecule has 0 bridgehead atoms. The maximum Gasteiger partial charge on any atom is 0.127 e. The van der Waals surface area contributed by atoms with Gasteiger partial charge < -0.3 is 5.32 Å². The predicted octanol–water partition coefficient (Wildman–Crippen LogP) is 3.70. The van der Waals surface area contributed by atoms with Crippen LogP contribution < -0.4 is 5.32 Å². The van der Waals surface area contributed by atoms with Crippen LogP contribution in [0.4, 0.5) is 4.39 Å². The van der Waals surface area contributed by atoms with Gasteiger partial charge in [0.05, 0.1) is 0 Å². The smallest absolute Gasteiger partial charge is 0.127 e. The van der Waals surface area contributed by atoms with Crippen LogP contribution in [-0.2, 0) is 13.1 Å². The highest BCUT2D eigenvalue weighted by Crippen LogP contribution is 2.23. The Balaban J connectivity index is 1.99. The fourth-order valence-electron chi connectivity index (χ4n) is 3.05. The Bertz CT molecular complexity index is 413. The zero-order chi connectivity index (χ0) is 14.4. The zero-order valence-corrected chi connectivity index (χ0v) is 12.8. The van der Waals surface area contributed by atoms with Crippen LogP contribution in [0.1, 0.15) is 50.2 Å². The van der Waals surface area contributed by atoms with Crippen molar-refractivity contribution in [1.29, 1.82) is 0 Å². The Labute approximate surface area is 122 Å². The van der Waals surface area contributed by atoms with Gasteiger partial charge in [0.25, 0.3) is 0 Å². The molecule has 112 valence electrons. The molecule has 0 spiro atoms. The first-order valence-electron chi connectivity index (χ1n) is 7.89. The van der Waals surface area contributed by atoms with E-state index >= 15 is 0 Å². The van der Waals surface area contributed by atoms with Crippen molar-refractivity contribution in [3.05, 3.63) is 35.1 Å². The first kappa shape index (κ1) is 15.5. The van der Waals surface area contributed by atoms with Crippen LogP contribution in [0, 0.1) is 5.82 Å². The van der Waals surface area contributed by atoms with Crippen molar-refractivity contribution in [2.24, 2.45) is 0 Å². The zero-order valence-electron chi connectivity index (χ0n) is 12.8. The molecule has 0 atom stereocenters. The average molecular weight is 278 g/mol. The van der Waals surface area contributed by atoms with E-state index in [0.717, 1.165) is 25.2 Å². The van der Waals surface area contributed by atoms with E-state index in [1.807, 2.05) is 12.1 Å². The van der Waals surface area contributed by atoms with E-state index < -0.39 is 0 Å². The fraction of sp³-hybridized carbons (Fsp3) is 0.647. The Hall–Kier alpha value is -0.930. The second-order valence-electron chi connectivity index (χ2n) is 5.91. The lowest BCUT2D eigenvalue weighted by atomic mass is 9.94. The Morgan fingerprint density at radius 1 is 1.25 bits per heavy atom. The number of benzene rings is 1. The van der Waals surface area contributed by atoms with E-state index in [9.17, 15) is 4.39 Å². The lowest BCUT2D eigenvalue weighted by Crippen LogP contribution is -2.33. The number of hydrogen-bond acceptors (Lipinski definition) is 2. The quantitative estimate of drug-likeness (QED) is 0.853. The first-order valence-corrected chi connectivity index (χ1v) is 7.89. The van der Waals surface area contributed by atoms with E-state index in [-0.39, 0.29) is 5.82 Å². The van der Waals surface area contributed by atoms with Gasteiger partial charge in [0.15, 0.2) is 0 Å². The van der Waals surface area contributed by atoms with Gasteiger partial charge in [-0.25, -0.2) is 4.39 Å². The van der Waals surface area contributed by atoms with E-state index in [1.165, 1.54) is 37.7 Å². The van der Waals surface area contributed by atoms with Gasteiger partial charge in [-0.15, -0.1) is 0 Å². The molecule has 1 aliphatic rings. The Morgan fingerprint density at radius 2 is 2.00 bits per heavy atom. The molecule has 0 aliphatic heterocycles. The van der Waals surface area contributed by atoms with Crippen LogP contribution in [0.3, 0.4) is 0 Å². The van der Waals surface area contributed by atoms with Gasteiger partial charge in [0.1, 0.15) is 5.82 Å². The third kappa shape index (κ3) is 4.29. The molecular weight excluding hydrogens is 251 g/mol. The van der Waals surface area contributed by atoms with Crippen LogP contribution in [-0.4, -0.2) is 24.5 Å². The number of hydrogen-bond donors (Lipinski definition) is 1. The third-order valence-electron chi connectivity index (χ3n) is 4.31. The lowest BCUT2D eigenvalue weighted by molar-refractivity contribution is 0.182. The third-order valence-corrected chi connectivity index (χ3v) is 4.31. The molecule has 0 aromatic heterocycles. The predicted molar refractivity (Wildman–Crippen MR) is 82.1 cm³/mol. The summed E-state index contributed by atoms with van der Waals surface area (Å²) in [6, 6.07) is 6.12. The minimum Gasteiger partial charge on any atom is -0.313 e. The molecule has 0 amide bonds. The van der Waals surface area contributed by atoms with E-state index in [4.69, 9.17) is 0 Å². The van der Waals surface area contributed by atoms with Crippen molar-refractivity contribution in [3.63, 3.8) is 0 Å². The number of nitrogens with zero attached hydrogens (tertiary/aromatic N) is 1. The highest BCUT2D eigenvalue weighted by atomic mass is 19.1.